The van der Waals surface area contributed by atoms with Crippen molar-refractivity contribution in [2.75, 3.05) is 6.61 Å². The summed E-state index contributed by atoms with van der Waals surface area (Å²) < 4.78 is 0. The van der Waals surface area contributed by atoms with Gasteiger partial charge in [-0.1, -0.05) is 48.2 Å². The normalized spacial score (nSPS) is 20.0. The highest BCUT2D eigenvalue weighted by atomic mass is 35.5. The quantitative estimate of drug-likeness (QED) is 0.884. The summed E-state index contributed by atoms with van der Waals surface area (Å²) >= 11 is 12.3. The Morgan fingerprint density at radius 2 is 2.00 bits per heavy atom. The van der Waals surface area contributed by atoms with Gasteiger partial charge in [-0.3, -0.25) is 0 Å². The van der Waals surface area contributed by atoms with Crippen molar-refractivity contribution < 1.29 is 5.11 Å². The van der Waals surface area contributed by atoms with E-state index >= 15 is 0 Å². The van der Waals surface area contributed by atoms with E-state index in [1.165, 1.54) is 12.8 Å². The van der Waals surface area contributed by atoms with Crippen molar-refractivity contribution in [1.82, 2.24) is 5.32 Å². The van der Waals surface area contributed by atoms with Gasteiger partial charge in [-0.15, -0.1) is 0 Å². The summed E-state index contributed by atoms with van der Waals surface area (Å²) in [5, 5.41) is 14.3. The molecule has 1 aromatic carbocycles. The lowest BCUT2D eigenvalue weighted by Crippen LogP contribution is -2.47. The summed E-state index contributed by atoms with van der Waals surface area (Å²) in [6.07, 6.45) is 4.83. The van der Waals surface area contributed by atoms with Crippen LogP contribution in [-0.4, -0.2) is 17.8 Å². The molecule has 0 heterocycles. The number of nitrogens with one attached hydrogen (secondary N) is 1. The minimum atomic E-state index is -0.531. The fourth-order valence-electron chi connectivity index (χ4n) is 2.66. The molecule has 1 saturated carbocycles. The predicted octanol–water partition coefficient (Wildman–Crippen LogP) is 3.73. The molecule has 0 spiro atoms. The van der Waals surface area contributed by atoms with Crippen molar-refractivity contribution >= 4 is 23.2 Å². The number of halogens is 2. The molecule has 1 atom stereocenters. The highest BCUT2D eigenvalue weighted by Gasteiger charge is 2.32. The third-order valence-corrected chi connectivity index (χ3v) is 4.56. The molecular formula is C14H19Cl2NO. The van der Waals surface area contributed by atoms with Crippen molar-refractivity contribution in [3.8, 4) is 0 Å². The van der Waals surface area contributed by atoms with E-state index < -0.39 is 5.54 Å². The minimum Gasteiger partial charge on any atom is -0.394 e. The maximum atomic E-state index is 9.75. The van der Waals surface area contributed by atoms with Gasteiger partial charge in [0.05, 0.1) is 22.2 Å². The second-order valence-corrected chi connectivity index (χ2v) is 6.00. The molecule has 0 radical (unpaired) electrons. The molecule has 1 aliphatic carbocycles. The van der Waals surface area contributed by atoms with Crippen LogP contribution in [0.15, 0.2) is 18.2 Å². The Balaban J connectivity index is 2.27. The van der Waals surface area contributed by atoms with Gasteiger partial charge in [0.25, 0.3) is 0 Å². The van der Waals surface area contributed by atoms with E-state index in [2.05, 4.69) is 5.32 Å². The van der Waals surface area contributed by atoms with Crippen LogP contribution >= 0.6 is 23.2 Å². The monoisotopic (exact) mass is 287 g/mol. The van der Waals surface area contributed by atoms with Crippen LogP contribution in [0, 0.1) is 0 Å². The maximum Gasteiger partial charge on any atom is 0.0657 e. The molecule has 2 N–H and O–H groups in total. The number of rotatable bonds is 4. The van der Waals surface area contributed by atoms with E-state index in [1.807, 2.05) is 19.1 Å². The molecule has 2 nitrogen and oxygen atoms in total. The Kier molecular flexibility index (Phi) is 4.54. The van der Waals surface area contributed by atoms with Crippen molar-refractivity contribution in [1.29, 1.82) is 0 Å². The second kappa shape index (κ2) is 5.79. The number of hydrogen-bond acceptors (Lipinski definition) is 2. The van der Waals surface area contributed by atoms with Crippen LogP contribution in [0.3, 0.4) is 0 Å². The largest absolute Gasteiger partial charge is 0.394 e. The summed E-state index contributed by atoms with van der Waals surface area (Å²) in [7, 11) is 0. The van der Waals surface area contributed by atoms with Crippen LogP contribution in [0.2, 0.25) is 10.0 Å². The second-order valence-electron chi connectivity index (χ2n) is 5.22. The van der Waals surface area contributed by atoms with Crippen LogP contribution in [0.1, 0.15) is 38.2 Å². The van der Waals surface area contributed by atoms with Crippen LogP contribution < -0.4 is 5.32 Å². The lowest BCUT2D eigenvalue weighted by molar-refractivity contribution is 0.161. The van der Waals surface area contributed by atoms with E-state index in [0.717, 1.165) is 18.4 Å². The Hall–Kier alpha value is -0.280. The first-order valence-electron chi connectivity index (χ1n) is 6.40. The van der Waals surface area contributed by atoms with Gasteiger partial charge in [-0.05, 0) is 31.4 Å². The molecule has 0 saturated heterocycles. The average Bonchev–Trinajstić information content (AvgIpc) is 2.85. The van der Waals surface area contributed by atoms with Gasteiger partial charge >= 0.3 is 0 Å². The highest BCUT2D eigenvalue weighted by Crippen LogP contribution is 2.34. The van der Waals surface area contributed by atoms with Crippen LogP contribution in [0.4, 0.5) is 0 Å². The molecule has 0 bridgehead atoms. The van der Waals surface area contributed by atoms with Gasteiger partial charge in [0, 0.05) is 6.04 Å². The summed E-state index contributed by atoms with van der Waals surface area (Å²) in [4.78, 5) is 0. The number of benzene rings is 1. The third kappa shape index (κ3) is 2.83. The molecule has 4 heteroatoms. The van der Waals surface area contributed by atoms with E-state index in [9.17, 15) is 5.11 Å². The summed E-state index contributed by atoms with van der Waals surface area (Å²) in [6.45, 7) is 1.98. The van der Waals surface area contributed by atoms with Crippen molar-refractivity contribution in [2.45, 2.75) is 44.2 Å². The summed E-state index contributed by atoms with van der Waals surface area (Å²) in [5.74, 6) is 0. The summed E-state index contributed by atoms with van der Waals surface area (Å²) in [6, 6.07) is 6.01. The Morgan fingerprint density at radius 1 is 1.33 bits per heavy atom. The van der Waals surface area contributed by atoms with Crippen LogP contribution in [0.5, 0.6) is 0 Å². The standard InChI is InChI=1S/C14H19Cl2NO/c1-14(9-18,17-10-5-2-3-6-10)11-7-4-8-12(15)13(11)16/h4,7-8,10,17-18H,2-3,5-6,9H2,1H3. The first-order valence-corrected chi connectivity index (χ1v) is 7.15. The Labute approximate surface area is 118 Å². The van der Waals surface area contributed by atoms with Crippen LogP contribution in [-0.2, 0) is 5.54 Å². The SMILES string of the molecule is CC(CO)(NC1CCCC1)c1cccc(Cl)c1Cl. The average molecular weight is 288 g/mol. The van der Waals surface area contributed by atoms with Gasteiger partial charge in [0.2, 0.25) is 0 Å². The van der Waals surface area contributed by atoms with E-state index in [4.69, 9.17) is 23.2 Å². The van der Waals surface area contributed by atoms with Crippen molar-refractivity contribution in [3.05, 3.63) is 33.8 Å². The first-order chi connectivity index (χ1) is 8.57. The zero-order valence-corrected chi connectivity index (χ0v) is 12.1. The lowest BCUT2D eigenvalue weighted by Gasteiger charge is -2.33. The van der Waals surface area contributed by atoms with E-state index in [0.29, 0.717) is 16.1 Å². The van der Waals surface area contributed by atoms with E-state index in [1.54, 1.807) is 6.07 Å². The zero-order valence-electron chi connectivity index (χ0n) is 10.5. The van der Waals surface area contributed by atoms with Gasteiger partial charge < -0.3 is 10.4 Å². The van der Waals surface area contributed by atoms with Gasteiger partial charge in [-0.2, -0.15) is 0 Å². The first kappa shape index (κ1) is 14.1. The maximum absolute atomic E-state index is 9.75. The van der Waals surface area contributed by atoms with Crippen LogP contribution in [0.25, 0.3) is 0 Å². The Morgan fingerprint density at radius 3 is 2.61 bits per heavy atom. The number of aliphatic hydroxyl groups excluding tert-OH is 1. The summed E-state index contributed by atoms with van der Waals surface area (Å²) in [5.41, 5.74) is 0.336. The lowest BCUT2D eigenvalue weighted by atomic mass is 9.91. The van der Waals surface area contributed by atoms with E-state index in [-0.39, 0.29) is 6.61 Å². The molecule has 1 fully saturated rings. The molecule has 18 heavy (non-hydrogen) atoms. The fourth-order valence-corrected chi connectivity index (χ4v) is 3.17. The van der Waals surface area contributed by atoms with Gasteiger partial charge in [0.15, 0.2) is 0 Å². The minimum absolute atomic E-state index is 0.00353. The molecule has 0 amide bonds. The van der Waals surface area contributed by atoms with Crippen molar-refractivity contribution in [2.24, 2.45) is 0 Å². The molecule has 1 unspecified atom stereocenters. The Bertz CT molecular complexity index is 418. The third-order valence-electron chi connectivity index (χ3n) is 3.74. The zero-order chi connectivity index (χ0) is 13.2. The molecule has 0 aliphatic heterocycles. The molecule has 1 aromatic rings. The molecule has 0 aromatic heterocycles. The number of hydrogen-bond donors (Lipinski definition) is 2. The molecule has 100 valence electrons. The smallest absolute Gasteiger partial charge is 0.0657 e. The van der Waals surface area contributed by atoms with Gasteiger partial charge in [-0.25, -0.2) is 0 Å². The predicted molar refractivity (Wildman–Crippen MR) is 76.3 cm³/mol. The molecular weight excluding hydrogens is 269 g/mol. The topological polar surface area (TPSA) is 32.3 Å². The van der Waals surface area contributed by atoms with Gasteiger partial charge in [0.1, 0.15) is 0 Å². The fraction of sp³-hybridized carbons (Fsp3) is 0.571. The van der Waals surface area contributed by atoms with Crippen molar-refractivity contribution in [3.63, 3.8) is 0 Å². The molecule has 2 rings (SSSR count). The number of aliphatic hydroxyl groups is 1. The highest BCUT2D eigenvalue weighted by molar-refractivity contribution is 6.42. The molecule has 1 aliphatic rings.